The van der Waals surface area contributed by atoms with Crippen LogP contribution in [0.5, 0.6) is 0 Å². The Kier molecular flexibility index (Phi) is 5.27. The number of nitrogens with zero attached hydrogens (tertiary/aromatic N) is 4. The van der Waals surface area contributed by atoms with E-state index in [0.717, 1.165) is 24.2 Å². The van der Waals surface area contributed by atoms with Gasteiger partial charge in [0.05, 0.1) is 0 Å². The number of carbonyl (C=O) groups is 1. The van der Waals surface area contributed by atoms with Crippen LogP contribution in [0.3, 0.4) is 0 Å². The van der Waals surface area contributed by atoms with Gasteiger partial charge < -0.3 is 5.73 Å². The molecule has 0 radical (unpaired) electrons. The molecule has 7 heteroatoms. The molecule has 0 fully saturated rings. The maximum Gasteiger partial charge on any atom is 0.266 e. The molecule has 0 unspecified atom stereocenters. The number of likely N-dealkylation sites (N-methyl/N-ethyl adjacent to an activating group) is 1. The van der Waals surface area contributed by atoms with E-state index < -0.39 is 11.5 Å². The fourth-order valence-electron chi connectivity index (χ4n) is 3.92. The van der Waals surface area contributed by atoms with Gasteiger partial charge in [0.1, 0.15) is 0 Å². The van der Waals surface area contributed by atoms with E-state index in [9.17, 15) is 9.18 Å². The Morgan fingerprint density at radius 1 is 1.03 bits per heavy atom. The number of carbonyl (C=O) groups excluding carboxylic acids is 1. The molecule has 0 spiro atoms. The largest absolute Gasteiger partial charge is 0.369 e. The van der Waals surface area contributed by atoms with Gasteiger partial charge >= 0.3 is 0 Å². The van der Waals surface area contributed by atoms with E-state index in [2.05, 4.69) is 15.0 Å². The van der Waals surface area contributed by atoms with E-state index in [1.165, 1.54) is 11.1 Å². The highest BCUT2D eigenvalue weighted by Crippen LogP contribution is 2.41. The molecule has 4 rings (SSSR count). The van der Waals surface area contributed by atoms with Crippen molar-refractivity contribution in [3.05, 3.63) is 83.2 Å². The third-order valence-electron chi connectivity index (χ3n) is 5.66. The zero-order valence-electron chi connectivity index (χ0n) is 17.8. The highest BCUT2D eigenvalue weighted by Gasteiger charge is 2.50. The Hall–Kier alpha value is -3.61. The van der Waals surface area contributed by atoms with Crippen molar-refractivity contribution in [1.82, 2.24) is 14.9 Å². The normalized spacial score (nSPS) is 18.4. The lowest BCUT2D eigenvalue weighted by Crippen LogP contribution is -2.41. The second-order valence-electron chi connectivity index (χ2n) is 7.51. The highest BCUT2D eigenvalue weighted by atomic mass is 19.1. The van der Waals surface area contributed by atoms with E-state index in [1.54, 1.807) is 37.4 Å². The number of rotatable bonds is 5. The second kappa shape index (κ2) is 7.91. The lowest BCUT2D eigenvalue weighted by atomic mass is 9.81. The fourth-order valence-corrected chi connectivity index (χ4v) is 3.92. The summed E-state index contributed by atoms with van der Waals surface area (Å²) in [5.74, 6) is -0.697. The number of aryl methyl sites for hydroxylation is 2. The fraction of sp³-hybridized carbons (Fsp3) is 0.250. The predicted molar refractivity (Wildman–Crippen MR) is 118 cm³/mol. The Balaban J connectivity index is 1.98. The molecule has 2 aromatic heterocycles. The Morgan fingerprint density at radius 3 is 2.32 bits per heavy atom. The van der Waals surface area contributed by atoms with Crippen molar-refractivity contribution in [3.8, 4) is 11.1 Å². The Morgan fingerprint density at radius 2 is 1.74 bits per heavy atom. The van der Waals surface area contributed by atoms with Gasteiger partial charge in [0.25, 0.3) is 5.91 Å². The van der Waals surface area contributed by atoms with Crippen LogP contribution in [0.1, 0.15) is 36.4 Å². The van der Waals surface area contributed by atoms with Crippen LogP contribution in [0, 0.1) is 5.95 Å². The maximum atomic E-state index is 14.4. The molecule has 6 nitrogen and oxygen atoms in total. The number of hydrogen-bond acceptors (Lipinski definition) is 5. The lowest BCUT2D eigenvalue weighted by Gasteiger charge is -2.27. The van der Waals surface area contributed by atoms with Crippen LogP contribution in [0.4, 0.5) is 4.39 Å². The van der Waals surface area contributed by atoms with Gasteiger partial charge in [0, 0.05) is 30.2 Å². The van der Waals surface area contributed by atoms with Crippen molar-refractivity contribution in [2.24, 2.45) is 10.7 Å². The summed E-state index contributed by atoms with van der Waals surface area (Å²) in [6, 6.07) is 14.3. The number of benzene rings is 1. The molecule has 0 saturated heterocycles. The highest BCUT2D eigenvalue weighted by molar-refractivity contribution is 6.09. The summed E-state index contributed by atoms with van der Waals surface area (Å²) < 4.78 is 14.4. The number of guanidine groups is 1. The van der Waals surface area contributed by atoms with E-state index in [4.69, 9.17) is 5.73 Å². The Bertz CT molecular complexity index is 1170. The van der Waals surface area contributed by atoms with Gasteiger partial charge in [0.2, 0.25) is 5.95 Å². The van der Waals surface area contributed by atoms with Crippen molar-refractivity contribution in [2.75, 3.05) is 7.05 Å². The molecule has 1 aliphatic heterocycles. The van der Waals surface area contributed by atoms with Crippen molar-refractivity contribution >= 4 is 11.9 Å². The van der Waals surface area contributed by atoms with Gasteiger partial charge in [-0.05, 0) is 59.9 Å². The van der Waals surface area contributed by atoms with Crippen molar-refractivity contribution in [1.29, 1.82) is 0 Å². The first-order valence-electron chi connectivity index (χ1n) is 10.3. The minimum atomic E-state index is -1.36. The summed E-state index contributed by atoms with van der Waals surface area (Å²) in [5, 5.41) is 0. The van der Waals surface area contributed by atoms with Crippen LogP contribution in [-0.2, 0) is 23.2 Å². The molecule has 0 aliphatic carbocycles. The van der Waals surface area contributed by atoms with Gasteiger partial charge in [-0.15, -0.1) is 0 Å². The monoisotopic (exact) mass is 417 g/mol. The van der Waals surface area contributed by atoms with E-state index >= 15 is 0 Å². The number of nitrogens with two attached hydrogens (primary N) is 1. The van der Waals surface area contributed by atoms with Crippen molar-refractivity contribution in [3.63, 3.8) is 0 Å². The average molecular weight is 417 g/mol. The molecule has 1 atom stereocenters. The molecule has 0 saturated carbocycles. The average Bonchev–Trinajstić information content (AvgIpc) is 3.04. The van der Waals surface area contributed by atoms with Gasteiger partial charge in [-0.3, -0.25) is 14.7 Å². The summed E-state index contributed by atoms with van der Waals surface area (Å²) in [6.45, 7) is 4.04. The topological polar surface area (TPSA) is 84.5 Å². The zero-order chi connectivity index (χ0) is 22.2. The van der Waals surface area contributed by atoms with Gasteiger partial charge in [0.15, 0.2) is 11.5 Å². The van der Waals surface area contributed by atoms with Crippen LogP contribution in [0.25, 0.3) is 11.1 Å². The van der Waals surface area contributed by atoms with Gasteiger partial charge in [-0.25, -0.2) is 9.98 Å². The number of amides is 1. The maximum absolute atomic E-state index is 14.4. The second-order valence-corrected chi connectivity index (χ2v) is 7.51. The number of halogens is 1. The quantitative estimate of drug-likeness (QED) is 0.645. The van der Waals surface area contributed by atoms with Crippen molar-refractivity contribution < 1.29 is 9.18 Å². The first-order chi connectivity index (χ1) is 14.9. The van der Waals surface area contributed by atoms with Crippen LogP contribution in [-0.4, -0.2) is 33.8 Å². The summed E-state index contributed by atoms with van der Waals surface area (Å²) >= 11 is 0. The SMILES string of the molecule is CCc1cc([C@@]2(c3cccc(-c4cccnc4F)c3)N=C(N)N(C)C2=O)cc(CC)n1. The van der Waals surface area contributed by atoms with E-state index in [0.29, 0.717) is 22.3 Å². The number of aliphatic imine (C=N–C) groups is 1. The van der Waals surface area contributed by atoms with Crippen LogP contribution >= 0.6 is 0 Å². The number of hydrogen-bond donors (Lipinski definition) is 1. The molecule has 3 heterocycles. The third kappa shape index (κ3) is 3.36. The molecule has 31 heavy (non-hydrogen) atoms. The zero-order valence-corrected chi connectivity index (χ0v) is 17.8. The molecule has 2 N–H and O–H groups in total. The number of aromatic nitrogens is 2. The van der Waals surface area contributed by atoms with E-state index in [-0.39, 0.29) is 11.9 Å². The van der Waals surface area contributed by atoms with Gasteiger partial charge in [-0.1, -0.05) is 32.0 Å². The molecular weight excluding hydrogens is 393 g/mol. The third-order valence-corrected chi connectivity index (χ3v) is 5.66. The standard InChI is InChI=1S/C24H24FN5O/c1-4-18-13-17(14-19(5-2)28-18)24(22(31)30(3)23(26)29-24)16-9-6-8-15(12-16)20-10-7-11-27-21(20)25/h6-14H,4-5H2,1-3H3,(H2,26,29)/t24-/m1/s1. The molecule has 1 aliphatic rings. The minimum Gasteiger partial charge on any atom is -0.369 e. The first-order valence-corrected chi connectivity index (χ1v) is 10.3. The first kappa shape index (κ1) is 20.7. The molecule has 3 aromatic rings. The summed E-state index contributed by atoms with van der Waals surface area (Å²) in [6.07, 6.45) is 2.85. The molecular formula is C24H24FN5O. The van der Waals surface area contributed by atoms with Crippen molar-refractivity contribution in [2.45, 2.75) is 32.2 Å². The number of pyridine rings is 2. The van der Waals surface area contributed by atoms with Gasteiger partial charge in [-0.2, -0.15) is 4.39 Å². The smallest absolute Gasteiger partial charge is 0.266 e. The van der Waals surface area contributed by atoms with Crippen LogP contribution in [0.2, 0.25) is 0 Å². The lowest BCUT2D eigenvalue weighted by molar-refractivity contribution is -0.129. The summed E-state index contributed by atoms with van der Waals surface area (Å²) in [7, 11) is 1.61. The molecule has 1 amide bonds. The predicted octanol–water partition coefficient (Wildman–Crippen LogP) is 3.44. The Labute approximate surface area is 180 Å². The molecule has 158 valence electrons. The van der Waals surface area contributed by atoms with E-state index in [1.807, 2.05) is 32.0 Å². The minimum absolute atomic E-state index is 0.135. The summed E-state index contributed by atoms with van der Waals surface area (Å²) in [5.41, 5.74) is 8.78. The van der Waals surface area contributed by atoms with Crippen LogP contribution < -0.4 is 5.73 Å². The van der Waals surface area contributed by atoms with Crippen LogP contribution in [0.15, 0.2) is 59.7 Å². The molecule has 1 aromatic carbocycles. The summed E-state index contributed by atoms with van der Waals surface area (Å²) in [4.78, 5) is 28.0. The molecule has 0 bridgehead atoms.